The number of carbonyl (C=O) groups excluding carboxylic acids is 1. The molecule has 2 aromatic heterocycles. The first-order valence-corrected chi connectivity index (χ1v) is 10.2. The largest absolute Gasteiger partial charge is 0.379 e. The number of rotatable bonds is 9. The van der Waals surface area contributed by atoms with Gasteiger partial charge in [0.1, 0.15) is 0 Å². The molecule has 1 fully saturated rings. The van der Waals surface area contributed by atoms with E-state index in [0.29, 0.717) is 26.1 Å². The molecule has 3 heterocycles. The van der Waals surface area contributed by atoms with Crippen molar-refractivity contribution in [1.29, 1.82) is 0 Å². The van der Waals surface area contributed by atoms with Gasteiger partial charge in [0.05, 0.1) is 38.2 Å². The molecule has 0 atom stereocenters. The molecule has 0 aliphatic carbocycles. The number of ether oxygens (including phenoxy) is 1. The summed E-state index contributed by atoms with van der Waals surface area (Å²) in [5.41, 5.74) is 2.09. The highest BCUT2D eigenvalue weighted by atomic mass is 16.5. The minimum atomic E-state index is -0.0155. The summed E-state index contributed by atoms with van der Waals surface area (Å²) in [7, 11) is 0. The lowest BCUT2D eigenvalue weighted by Gasteiger charge is -2.25. The molecule has 0 unspecified atom stereocenters. The first kappa shape index (κ1) is 20.2. The molecule has 10 heteroatoms. The van der Waals surface area contributed by atoms with Crippen molar-refractivity contribution >= 4 is 5.91 Å². The number of carbonyl (C=O) groups is 1. The Morgan fingerprint density at radius 2 is 2.00 bits per heavy atom. The highest BCUT2D eigenvalue weighted by Gasteiger charge is 2.15. The van der Waals surface area contributed by atoms with Gasteiger partial charge in [-0.25, -0.2) is 9.36 Å². The second kappa shape index (κ2) is 10.1. The van der Waals surface area contributed by atoms with Crippen LogP contribution < -0.4 is 5.32 Å². The van der Waals surface area contributed by atoms with Crippen molar-refractivity contribution in [3.05, 3.63) is 54.1 Å². The number of hydrogen-bond donors (Lipinski definition) is 1. The fraction of sp³-hybridized carbons (Fsp3) is 0.450. The van der Waals surface area contributed by atoms with Crippen LogP contribution in [0, 0.1) is 0 Å². The van der Waals surface area contributed by atoms with Gasteiger partial charge in [0.25, 0.3) is 0 Å². The Hall–Kier alpha value is -3.11. The predicted octanol–water partition coefficient (Wildman–Crippen LogP) is 0.440. The lowest BCUT2D eigenvalue weighted by molar-refractivity contribution is -0.121. The Balaban J connectivity index is 1.19. The van der Waals surface area contributed by atoms with Crippen LogP contribution in [0.1, 0.15) is 17.8 Å². The van der Waals surface area contributed by atoms with Crippen molar-refractivity contribution in [3.63, 3.8) is 0 Å². The monoisotopic (exact) mass is 410 g/mol. The van der Waals surface area contributed by atoms with Crippen LogP contribution in [0.25, 0.3) is 5.69 Å². The Bertz CT molecular complexity index is 933. The zero-order valence-electron chi connectivity index (χ0n) is 16.9. The number of nitrogens with one attached hydrogen (secondary N) is 1. The third-order valence-corrected chi connectivity index (χ3v) is 5.02. The fourth-order valence-corrected chi connectivity index (χ4v) is 3.32. The van der Waals surface area contributed by atoms with Gasteiger partial charge in [-0.05, 0) is 34.5 Å². The van der Waals surface area contributed by atoms with E-state index in [4.69, 9.17) is 4.74 Å². The number of benzene rings is 1. The molecule has 1 saturated heterocycles. The highest BCUT2D eigenvalue weighted by Crippen LogP contribution is 2.08. The molecule has 30 heavy (non-hydrogen) atoms. The Morgan fingerprint density at radius 1 is 1.17 bits per heavy atom. The van der Waals surface area contributed by atoms with Gasteiger partial charge in [-0.1, -0.05) is 18.2 Å². The van der Waals surface area contributed by atoms with E-state index in [2.05, 4.69) is 30.8 Å². The third-order valence-electron chi connectivity index (χ3n) is 5.02. The number of nitrogens with zero attached hydrogens (tertiary/aromatic N) is 7. The van der Waals surface area contributed by atoms with Gasteiger partial charge in [0.2, 0.25) is 5.91 Å². The standard InChI is InChI=1S/C20H26N8O2/c29-20(7-9-27-19(23-24-25-27)16-26-10-12-30-13-11-26)21-8-6-17-14-22-28(15-17)18-4-2-1-3-5-18/h1-5,14-15H,6-13,16H2,(H,21,29). The zero-order valence-corrected chi connectivity index (χ0v) is 16.9. The van der Waals surface area contributed by atoms with Crippen LogP contribution in [0.4, 0.5) is 0 Å². The maximum Gasteiger partial charge on any atom is 0.221 e. The molecular formula is C20H26N8O2. The Kier molecular flexibility index (Phi) is 6.78. The molecule has 0 spiro atoms. The number of morpholine rings is 1. The smallest absolute Gasteiger partial charge is 0.221 e. The maximum absolute atomic E-state index is 12.2. The third kappa shape index (κ3) is 5.49. The number of para-hydroxylation sites is 1. The molecule has 1 aliphatic rings. The van der Waals surface area contributed by atoms with E-state index in [1.54, 1.807) is 4.68 Å². The Labute approximate surface area is 174 Å². The van der Waals surface area contributed by atoms with E-state index in [-0.39, 0.29) is 5.91 Å². The van der Waals surface area contributed by atoms with Crippen molar-refractivity contribution in [2.24, 2.45) is 0 Å². The molecule has 1 N–H and O–H groups in total. The van der Waals surface area contributed by atoms with Crippen LogP contribution in [0.2, 0.25) is 0 Å². The average molecular weight is 410 g/mol. The van der Waals surface area contributed by atoms with Crippen molar-refractivity contribution < 1.29 is 9.53 Å². The molecule has 4 rings (SSSR count). The van der Waals surface area contributed by atoms with E-state index < -0.39 is 0 Å². The molecule has 0 saturated carbocycles. The van der Waals surface area contributed by atoms with Crippen LogP contribution in [0.3, 0.4) is 0 Å². The van der Waals surface area contributed by atoms with Gasteiger partial charge in [-0.15, -0.1) is 5.10 Å². The first-order valence-electron chi connectivity index (χ1n) is 10.2. The van der Waals surface area contributed by atoms with Crippen LogP contribution >= 0.6 is 0 Å². The minimum Gasteiger partial charge on any atom is -0.379 e. The second-order valence-corrected chi connectivity index (χ2v) is 7.19. The molecule has 0 bridgehead atoms. The van der Waals surface area contributed by atoms with E-state index in [1.807, 2.05) is 47.4 Å². The average Bonchev–Trinajstić information content (AvgIpc) is 3.43. The van der Waals surface area contributed by atoms with Crippen LogP contribution in [0.15, 0.2) is 42.7 Å². The molecule has 0 radical (unpaired) electrons. The van der Waals surface area contributed by atoms with Gasteiger partial charge in [-0.2, -0.15) is 5.10 Å². The lowest BCUT2D eigenvalue weighted by Crippen LogP contribution is -2.36. The molecule has 1 amide bonds. The topological polar surface area (TPSA) is 103 Å². The zero-order chi connectivity index (χ0) is 20.6. The number of aryl methyl sites for hydroxylation is 1. The molecular weight excluding hydrogens is 384 g/mol. The van der Waals surface area contributed by atoms with Crippen molar-refractivity contribution in [1.82, 2.24) is 40.2 Å². The number of tetrazole rings is 1. The maximum atomic E-state index is 12.2. The summed E-state index contributed by atoms with van der Waals surface area (Å²) >= 11 is 0. The van der Waals surface area contributed by atoms with Crippen LogP contribution in [-0.4, -0.2) is 73.6 Å². The van der Waals surface area contributed by atoms with Crippen molar-refractivity contribution in [2.75, 3.05) is 32.8 Å². The van der Waals surface area contributed by atoms with Gasteiger partial charge in [0.15, 0.2) is 5.82 Å². The van der Waals surface area contributed by atoms with E-state index >= 15 is 0 Å². The minimum absolute atomic E-state index is 0.0155. The van der Waals surface area contributed by atoms with Gasteiger partial charge < -0.3 is 10.1 Å². The molecule has 1 aromatic carbocycles. The summed E-state index contributed by atoms with van der Waals surface area (Å²) in [6.45, 7) is 4.90. The van der Waals surface area contributed by atoms with E-state index in [1.165, 1.54) is 0 Å². The van der Waals surface area contributed by atoms with Crippen molar-refractivity contribution in [2.45, 2.75) is 25.9 Å². The van der Waals surface area contributed by atoms with E-state index in [9.17, 15) is 4.79 Å². The van der Waals surface area contributed by atoms with Crippen LogP contribution in [-0.2, 0) is 29.0 Å². The normalized spacial score (nSPS) is 14.7. The van der Waals surface area contributed by atoms with Gasteiger partial charge in [0, 0.05) is 32.3 Å². The summed E-state index contributed by atoms with van der Waals surface area (Å²) in [5.74, 6) is 0.760. The quantitative estimate of drug-likeness (QED) is 0.546. The van der Waals surface area contributed by atoms with Crippen molar-refractivity contribution in [3.8, 4) is 5.69 Å². The molecule has 1 aliphatic heterocycles. The summed E-state index contributed by atoms with van der Waals surface area (Å²) in [6.07, 6.45) is 4.88. The van der Waals surface area contributed by atoms with E-state index in [0.717, 1.165) is 49.8 Å². The second-order valence-electron chi connectivity index (χ2n) is 7.19. The lowest BCUT2D eigenvalue weighted by atomic mass is 10.2. The summed E-state index contributed by atoms with van der Waals surface area (Å²) < 4.78 is 8.91. The summed E-state index contributed by atoms with van der Waals surface area (Å²) in [6, 6.07) is 9.95. The molecule has 158 valence electrons. The number of aromatic nitrogens is 6. The Morgan fingerprint density at radius 3 is 2.83 bits per heavy atom. The van der Waals surface area contributed by atoms with Gasteiger partial charge in [-0.3, -0.25) is 9.69 Å². The SMILES string of the molecule is O=C(CCn1nnnc1CN1CCOCC1)NCCc1cnn(-c2ccccc2)c1. The number of hydrogen-bond acceptors (Lipinski definition) is 7. The first-order chi connectivity index (χ1) is 14.8. The molecule has 3 aromatic rings. The summed E-state index contributed by atoms with van der Waals surface area (Å²) in [5, 5.41) is 19.2. The fourth-order valence-electron chi connectivity index (χ4n) is 3.32. The molecule has 10 nitrogen and oxygen atoms in total. The number of amides is 1. The van der Waals surface area contributed by atoms with Gasteiger partial charge >= 0.3 is 0 Å². The summed E-state index contributed by atoms with van der Waals surface area (Å²) in [4.78, 5) is 14.5. The highest BCUT2D eigenvalue weighted by molar-refractivity contribution is 5.75. The van der Waals surface area contributed by atoms with Crippen LogP contribution in [0.5, 0.6) is 0 Å². The predicted molar refractivity (Wildman–Crippen MR) is 109 cm³/mol.